The van der Waals surface area contributed by atoms with Crippen molar-refractivity contribution in [3.63, 3.8) is 0 Å². The molecule has 1 N–H and O–H groups in total. The zero-order valence-electron chi connectivity index (χ0n) is 12.5. The van der Waals surface area contributed by atoms with Crippen LogP contribution in [0, 0.1) is 17.5 Å². The highest BCUT2D eigenvalue weighted by Gasteiger charge is 2.34. The molecule has 1 aromatic carbocycles. The highest BCUT2D eigenvalue weighted by Crippen LogP contribution is 2.31. The Balaban J connectivity index is 1.97. The molecule has 0 amide bonds. The molecule has 1 aromatic rings. The fourth-order valence-corrected chi connectivity index (χ4v) is 2.92. The Kier molecular flexibility index (Phi) is 5.27. The van der Waals surface area contributed by atoms with Crippen LogP contribution < -0.4 is 5.32 Å². The number of hydrogen-bond acceptors (Lipinski definition) is 2. The number of nitrogens with one attached hydrogen (secondary N) is 1. The van der Waals surface area contributed by atoms with Crippen LogP contribution in [0.3, 0.4) is 0 Å². The van der Waals surface area contributed by atoms with Gasteiger partial charge in [-0.05, 0) is 43.4 Å². The van der Waals surface area contributed by atoms with Crippen LogP contribution in [0.2, 0.25) is 0 Å². The van der Waals surface area contributed by atoms with Crippen LogP contribution >= 0.6 is 0 Å². The molecular weight excluding hydrogens is 279 g/mol. The molecule has 5 heteroatoms. The minimum Gasteiger partial charge on any atom is -0.375 e. The van der Waals surface area contributed by atoms with E-state index in [0.717, 1.165) is 37.8 Å². The lowest BCUT2D eigenvalue weighted by Crippen LogP contribution is -2.46. The Hall–Kier alpha value is -1.07. The predicted octanol–water partition coefficient (Wildman–Crippen LogP) is 3.93. The van der Waals surface area contributed by atoms with Crippen molar-refractivity contribution in [1.82, 2.24) is 5.32 Å². The first-order valence-electron chi connectivity index (χ1n) is 7.50. The van der Waals surface area contributed by atoms with E-state index < -0.39 is 17.5 Å². The van der Waals surface area contributed by atoms with Crippen LogP contribution in [0.5, 0.6) is 0 Å². The second-order valence-corrected chi connectivity index (χ2v) is 5.68. The van der Waals surface area contributed by atoms with Crippen LogP contribution in [-0.2, 0) is 11.3 Å². The van der Waals surface area contributed by atoms with Crippen molar-refractivity contribution in [2.45, 2.75) is 57.7 Å². The van der Waals surface area contributed by atoms with Crippen molar-refractivity contribution in [3.05, 3.63) is 35.1 Å². The average Bonchev–Trinajstić information content (AvgIpc) is 2.50. The molecule has 1 unspecified atom stereocenters. The lowest BCUT2D eigenvalue weighted by molar-refractivity contribution is -0.0932. The van der Waals surface area contributed by atoms with Gasteiger partial charge in [0.2, 0.25) is 0 Å². The van der Waals surface area contributed by atoms with Gasteiger partial charge in [-0.2, -0.15) is 0 Å². The quantitative estimate of drug-likeness (QED) is 0.832. The van der Waals surface area contributed by atoms with E-state index in [1.165, 1.54) is 0 Å². The highest BCUT2D eigenvalue weighted by atomic mass is 19.2. The molecule has 0 aliphatic carbocycles. The zero-order valence-corrected chi connectivity index (χ0v) is 12.5. The minimum absolute atomic E-state index is 0.102. The van der Waals surface area contributed by atoms with E-state index in [-0.39, 0.29) is 11.6 Å². The topological polar surface area (TPSA) is 21.3 Å². The summed E-state index contributed by atoms with van der Waals surface area (Å²) >= 11 is 0. The first-order valence-corrected chi connectivity index (χ1v) is 7.50. The van der Waals surface area contributed by atoms with Crippen molar-refractivity contribution in [3.8, 4) is 0 Å². The number of benzene rings is 1. The molecule has 0 aromatic heterocycles. The lowest BCUT2D eigenvalue weighted by Gasteiger charge is -2.40. The Labute approximate surface area is 123 Å². The standard InChI is InChI=1S/C16H22F3NO/c1-3-16(4-2)9-12(5-6-21-16)20-10-11-7-13(17)15(19)14(18)8-11/h7-8,12,20H,3-6,9-10H2,1-2H3. The maximum absolute atomic E-state index is 13.2. The third-order valence-electron chi connectivity index (χ3n) is 4.42. The second kappa shape index (κ2) is 6.79. The number of rotatable bonds is 5. The zero-order chi connectivity index (χ0) is 15.5. The smallest absolute Gasteiger partial charge is 0.194 e. The van der Waals surface area contributed by atoms with Gasteiger partial charge >= 0.3 is 0 Å². The van der Waals surface area contributed by atoms with E-state index >= 15 is 0 Å². The predicted molar refractivity (Wildman–Crippen MR) is 75.4 cm³/mol. The Bertz CT molecular complexity index is 465. The summed E-state index contributed by atoms with van der Waals surface area (Å²) in [6.07, 6.45) is 3.64. The van der Waals surface area contributed by atoms with E-state index in [1.807, 2.05) is 0 Å². The summed E-state index contributed by atoms with van der Waals surface area (Å²) in [5.74, 6) is -3.70. The molecule has 2 nitrogen and oxygen atoms in total. The summed E-state index contributed by atoms with van der Waals surface area (Å²) in [4.78, 5) is 0. The molecule has 118 valence electrons. The minimum atomic E-state index is -1.42. The van der Waals surface area contributed by atoms with E-state index in [4.69, 9.17) is 4.74 Å². The fraction of sp³-hybridized carbons (Fsp3) is 0.625. The highest BCUT2D eigenvalue weighted by molar-refractivity contribution is 5.19. The van der Waals surface area contributed by atoms with Gasteiger partial charge in [-0.1, -0.05) is 13.8 Å². The fourth-order valence-electron chi connectivity index (χ4n) is 2.92. The first kappa shape index (κ1) is 16.3. The molecule has 1 fully saturated rings. The number of halogens is 3. The van der Waals surface area contributed by atoms with E-state index in [1.54, 1.807) is 0 Å². The molecule has 1 atom stereocenters. The molecule has 1 aliphatic heterocycles. The normalized spacial score (nSPS) is 21.5. The van der Waals surface area contributed by atoms with Gasteiger partial charge < -0.3 is 10.1 Å². The van der Waals surface area contributed by atoms with Crippen molar-refractivity contribution >= 4 is 0 Å². The molecule has 1 heterocycles. The van der Waals surface area contributed by atoms with Gasteiger partial charge in [0.05, 0.1) is 5.60 Å². The lowest BCUT2D eigenvalue weighted by atomic mass is 9.86. The average molecular weight is 301 g/mol. The molecule has 0 radical (unpaired) electrons. The van der Waals surface area contributed by atoms with Gasteiger partial charge in [0.25, 0.3) is 0 Å². The van der Waals surface area contributed by atoms with Crippen molar-refractivity contribution < 1.29 is 17.9 Å². The maximum Gasteiger partial charge on any atom is 0.194 e. The van der Waals surface area contributed by atoms with Crippen molar-refractivity contribution in [2.24, 2.45) is 0 Å². The molecule has 0 saturated carbocycles. The molecule has 0 spiro atoms. The molecule has 1 saturated heterocycles. The van der Waals surface area contributed by atoms with Gasteiger partial charge in [-0.15, -0.1) is 0 Å². The first-order chi connectivity index (χ1) is 9.99. The van der Waals surface area contributed by atoms with Crippen molar-refractivity contribution in [2.75, 3.05) is 6.61 Å². The molecule has 1 aliphatic rings. The van der Waals surface area contributed by atoms with Crippen LogP contribution in [0.25, 0.3) is 0 Å². The SMILES string of the molecule is CCC1(CC)CC(NCc2cc(F)c(F)c(F)c2)CCO1. The Morgan fingerprint density at radius 1 is 1.19 bits per heavy atom. The largest absolute Gasteiger partial charge is 0.375 e. The second-order valence-electron chi connectivity index (χ2n) is 5.68. The summed E-state index contributed by atoms with van der Waals surface area (Å²) < 4.78 is 45.2. The van der Waals surface area contributed by atoms with Gasteiger partial charge in [0.1, 0.15) is 0 Å². The van der Waals surface area contributed by atoms with Gasteiger partial charge in [0, 0.05) is 19.2 Å². The Morgan fingerprint density at radius 2 is 1.81 bits per heavy atom. The summed E-state index contributed by atoms with van der Waals surface area (Å²) in [5.41, 5.74) is 0.311. The summed E-state index contributed by atoms with van der Waals surface area (Å²) in [6.45, 7) is 5.22. The van der Waals surface area contributed by atoms with Gasteiger partial charge in [0.15, 0.2) is 17.5 Å². The van der Waals surface area contributed by atoms with E-state index in [0.29, 0.717) is 18.7 Å². The number of ether oxygens (including phenoxy) is 1. The third-order valence-corrected chi connectivity index (χ3v) is 4.42. The van der Waals surface area contributed by atoms with Gasteiger partial charge in [-0.3, -0.25) is 0 Å². The molecule has 21 heavy (non-hydrogen) atoms. The van der Waals surface area contributed by atoms with Gasteiger partial charge in [-0.25, -0.2) is 13.2 Å². The molecular formula is C16H22F3NO. The summed E-state index contributed by atoms with van der Waals surface area (Å²) in [5, 5.41) is 3.30. The van der Waals surface area contributed by atoms with E-state index in [9.17, 15) is 13.2 Å². The van der Waals surface area contributed by atoms with Crippen LogP contribution in [0.15, 0.2) is 12.1 Å². The van der Waals surface area contributed by atoms with Crippen LogP contribution in [0.1, 0.15) is 45.1 Å². The third kappa shape index (κ3) is 3.77. The van der Waals surface area contributed by atoms with Crippen molar-refractivity contribution in [1.29, 1.82) is 0 Å². The van der Waals surface area contributed by atoms with Crippen LogP contribution in [0.4, 0.5) is 13.2 Å². The Morgan fingerprint density at radius 3 is 2.38 bits per heavy atom. The molecule has 2 rings (SSSR count). The summed E-state index contributed by atoms with van der Waals surface area (Å²) in [7, 11) is 0. The van der Waals surface area contributed by atoms with E-state index in [2.05, 4.69) is 19.2 Å². The number of hydrogen-bond donors (Lipinski definition) is 1. The van der Waals surface area contributed by atoms with Crippen LogP contribution in [-0.4, -0.2) is 18.2 Å². The molecule has 0 bridgehead atoms. The monoisotopic (exact) mass is 301 g/mol. The summed E-state index contributed by atoms with van der Waals surface area (Å²) in [6, 6.07) is 2.32. The maximum atomic E-state index is 13.2.